The van der Waals surface area contributed by atoms with E-state index in [2.05, 4.69) is 5.32 Å². The van der Waals surface area contributed by atoms with Gasteiger partial charge in [0.15, 0.2) is 17.3 Å². The van der Waals surface area contributed by atoms with Gasteiger partial charge in [0.2, 0.25) is 0 Å². The fraction of sp³-hybridized carbons (Fsp3) is 0.303. The van der Waals surface area contributed by atoms with Gasteiger partial charge in [-0.05, 0) is 44.7 Å². The molecular formula is C33H32N2O9. The van der Waals surface area contributed by atoms with Crippen molar-refractivity contribution in [3.8, 4) is 23.0 Å². The van der Waals surface area contributed by atoms with Crippen LogP contribution in [0.15, 0.2) is 54.3 Å². The molecule has 3 aromatic rings. The summed E-state index contributed by atoms with van der Waals surface area (Å²) in [7, 11) is 1.31. The molecule has 1 aliphatic heterocycles. The van der Waals surface area contributed by atoms with Crippen LogP contribution in [-0.4, -0.2) is 59.6 Å². The molecule has 11 nitrogen and oxygen atoms in total. The van der Waals surface area contributed by atoms with Gasteiger partial charge >= 0.3 is 6.09 Å². The quantitative estimate of drug-likeness (QED) is 0.363. The van der Waals surface area contributed by atoms with E-state index in [-0.39, 0.29) is 40.7 Å². The van der Waals surface area contributed by atoms with Crippen molar-refractivity contribution in [2.45, 2.75) is 39.7 Å². The van der Waals surface area contributed by atoms with Gasteiger partial charge < -0.3 is 29.5 Å². The number of phenols is 1. The van der Waals surface area contributed by atoms with Crippen LogP contribution in [0.3, 0.4) is 0 Å². The van der Waals surface area contributed by atoms with Gasteiger partial charge in [0.05, 0.1) is 12.7 Å². The van der Waals surface area contributed by atoms with Crippen molar-refractivity contribution in [1.29, 1.82) is 0 Å². The summed E-state index contributed by atoms with van der Waals surface area (Å²) in [4.78, 5) is 66.2. The highest BCUT2D eigenvalue weighted by Crippen LogP contribution is 2.56. The van der Waals surface area contributed by atoms with E-state index in [4.69, 9.17) is 14.2 Å². The third kappa shape index (κ3) is 4.74. The Balaban J connectivity index is 1.49. The third-order valence-electron chi connectivity index (χ3n) is 8.23. The number of phenolic OH excluding ortho intramolecular Hbond substituents is 1. The van der Waals surface area contributed by atoms with Crippen LogP contribution in [0.5, 0.6) is 23.0 Å². The van der Waals surface area contributed by atoms with Gasteiger partial charge in [-0.2, -0.15) is 0 Å². The average Bonchev–Trinajstić information content (AvgIpc) is 3.30. The second-order valence-corrected chi connectivity index (χ2v) is 10.7. The van der Waals surface area contributed by atoms with Crippen LogP contribution in [-0.2, 0) is 26.3 Å². The number of Topliss-reactive ketones (excluding diaryl/α,β-unsaturated/α-hetero) is 2. The number of nitrogens with zero attached hydrogens (tertiary/aromatic N) is 1. The summed E-state index contributed by atoms with van der Waals surface area (Å²) >= 11 is 0. The molecule has 1 heterocycles. The Hall–Kier alpha value is -5.19. The number of carbonyl (C=O) groups is 5. The zero-order chi connectivity index (χ0) is 31.9. The van der Waals surface area contributed by atoms with E-state index in [1.54, 1.807) is 17.0 Å². The topological polar surface area (TPSA) is 149 Å². The lowest BCUT2D eigenvalue weighted by Crippen LogP contribution is -2.47. The lowest BCUT2D eigenvalue weighted by Gasteiger charge is -2.30. The van der Waals surface area contributed by atoms with E-state index < -0.39 is 40.7 Å². The molecule has 228 valence electrons. The summed E-state index contributed by atoms with van der Waals surface area (Å²) in [6, 6.07) is 11.9. The van der Waals surface area contributed by atoms with Crippen molar-refractivity contribution >= 4 is 40.1 Å². The number of hydrogen-bond donors (Lipinski definition) is 2. The molecule has 0 saturated heterocycles. The lowest BCUT2D eigenvalue weighted by molar-refractivity contribution is -0.140. The summed E-state index contributed by atoms with van der Waals surface area (Å²) in [5, 5.41) is 15.2. The second kappa shape index (κ2) is 11.5. The van der Waals surface area contributed by atoms with Gasteiger partial charge in [-0.15, -0.1) is 0 Å². The normalized spacial score (nSPS) is 18.6. The Morgan fingerprint density at radius 3 is 2.36 bits per heavy atom. The third-order valence-corrected chi connectivity index (χ3v) is 8.23. The summed E-state index contributed by atoms with van der Waals surface area (Å²) in [5.41, 5.74) is -1.06. The first-order valence-corrected chi connectivity index (χ1v) is 14.2. The number of methoxy groups -OCH3 is 1. The van der Waals surface area contributed by atoms with Crippen LogP contribution >= 0.6 is 0 Å². The van der Waals surface area contributed by atoms with Crippen molar-refractivity contribution in [1.82, 2.24) is 10.2 Å². The smallest absolute Gasteiger partial charge is 0.415 e. The highest BCUT2D eigenvalue weighted by atomic mass is 16.6. The van der Waals surface area contributed by atoms with Crippen molar-refractivity contribution in [3.05, 3.63) is 71.0 Å². The van der Waals surface area contributed by atoms with Crippen molar-refractivity contribution in [2.24, 2.45) is 5.92 Å². The summed E-state index contributed by atoms with van der Waals surface area (Å²) < 4.78 is 17.0. The Morgan fingerprint density at radius 2 is 1.73 bits per heavy atom. The predicted octanol–water partition coefficient (Wildman–Crippen LogP) is 4.22. The molecule has 0 bridgehead atoms. The van der Waals surface area contributed by atoms with Crippen LogP contribution < -0.4 is 19.5 Å². The minimum atomic E-state index is -1.67. The first kappa shape index (κ1) is 30.3. The molecule has 2 aliphatic rings. The zero-order valence-corrected chi connectivity index (χ0v) is 25.0. The first-order valence-electron chi connectivity index (χ1n) is 14.2. The number of allylic oxidation sites excluding steroid dienone is 2. The summed E-state index contributed by atoms with van der Waals surface area (Å²) in [6.45, 7) is 7.38. The van der Waals surface area contributed by atoms with E-state index in [1.807, 2.05) is 38.1 Å². The molecule has 11 heteroatoms. The average molecular weight is 601 g/mol. The minimum absolute atomic E-state index is 0.0213. The Morgan fingerprint density at radius 1 is 1.05 bits per heavy atom. The number of benzene rings is 3. The predicted molar refractivity (Wildman–Crippen MR) is 159 cm³/mol. The van der Waals surface area contributed by atoms with E-state index in [9.17, 15) is 29.1 Å². The molecule has 2 amide bonds. The minimum Gasteiger partial charge on any atom is -0.507 e. The van der Waals surface area contributed by atoms with Crippen LogP contribution in [0.4, 0.5) is 4.79 Å². The van der Waals surface area contributed by atoms with Gasteiger partial charge in [-0.3, -0.25) is 19.2 Å². The Bertz CT molecular complexity index is 1770. The molecule has 2 atom stereocenters. The Kier molecular flexibility index (Phi) is 7.90. The molecule has 1 unspecified atom stereocenters. The monoisotopic (exact) mass is 600 g/mol. The molecule has 1 aliphatic carbocycles. The van der Waals surface area contributed by atoms with Crippen LogP contribution in [0.25, 0.3) is 10.8 Å². The number of carbonyl (C=O) groups excluding carboxylic acids is 5. The Labute approximate surface area is 253 Å². The van der Waals surface area contributed by atoms with Crippen molar-refractivity contribution in [2.75, 3.05) is 20.2 Å². The number of aromatic hydroxyl groups is 1. The molecule has 0 radical (unpaired) electrons. The van der Waals surface area contributed by atoms with Crippen molar-refractivity contribution in [3.63, 3.8) is 0 Å². The number of hydrogen-bond acceptors (Lipinski definition) is 9. The number of fused-ring (bicyclic) bond motifs is 4. The zero-order valence-electron chi connectivity index (χ0n) is 25.0. The maximum atomic E-state index is 13.7. The molecular weight excluding hydrogens is 568 g/mol. The van der Waals surface area contributed by atoms with Gasteiger partial charge in [0.1, 0.15) is 45.7 Å². The number of ether oxygens (including phenoxy) is 3. The van der Waals surface area contributed by atoms with E-state index in [0.717, 1.165) is 23.9 Å². The molecule has 44 heavy (non-hydrogen) atoms. The molecule has 0 aromatic heterocycles. The molecule has 5 rings (SSSR count). The molecule has 0 saturated carbocycles. The number of rotatable bonds is 8. The summed E-state index contributed by atoms with van der Waals surface area (Å²) in [6.07, 6.45) is 0.607. The van der Waals surface area contributed by atoms with Crippen LogP contribution in [0.1, 0.15) is 49.2 Å². The van der Waals surface area contributed by atoms with E-state index in [1.165, 1.54) is 20.1 Å². The first-order chi connectivity index (χ1) is 21.0. The van der Waals surface area contributed by atoms with Crippen LogP contribution in [0.2, 0.25) is 0 Å². The lowest BCUT2D eigenvalue weighted by atomic mass is 9.67. The number of amides is 2. The largest absolute Gasteiger partial charge is 0.507 e. The van der Waals surface area contributed by atoms with Crippen LogP contribution in [0, 0.1) is 5.92 Å². The standard InChI is InChI=1S/C33H32N2O9/c1-6-35(7-2)32(41)43-23-13-12-18(19-10-8-9-11-20(19)23)16-34-31(40)27-24(42-5)14-22(38)28-29(27)44-25-15-21(37)26(17(3)36)30(39)33(25,28)4/h8-15,26,38H,6-7,16H2,1-5H3,(H,34,40)/t26?,33-/m1/s1. The number of ketones is 3. The fourth-order valence-electron chi connectivity index (χ4n) is 5.83. The van der Waals surface area contributed by atoms with E-state index in [0.29, 0.717) is 24.2 Å². The summed E-state index contributed by atoms with van der Waals surface area (Å²) in [5.74, 6) is -4.52. The van der Waals surface area contributed by atoms with Crippen molar-refractivity contribution < 1.29 is 43.3 Å². The molecule has 0 spiro atoms. The van der Waals surface area contributed by atoms with Gasteiger partial charge in [-0.1, -0.05) is 30.3 Å². The van der Waals surface area contributed by atoms with Gasteiger partial charge in [-0.25, -0.2) is 4.79 Å². The molecule has 3 aromatic carbocycles. The van der Waals surface area contributed by atoms with E-state index >= 15 is 0 Å². The fourth-order valence-corrected chi connectivity index (χ4v) is 5.83. The SMILES string of the molecule is CCN(CC)C(=O)Oc1ccc(CNC(=O)c2c(OC)cc(O)c3c2OC2=CC(=O)C(C(C)=O)C(=O)[C@]23C)c2ccccc12. The maximum absolute atomic E-state index is 13.7. The van der Waals surface area contributed by atoms with Gasteiger partial charge in [0, 0.05) is 37.2 Å². The maximum Gasteiger partial charge on any atom is 0.415 e. The van der Waals surface area contributed by atoms with Gasteiger partial charge in [0.25, 0.3) is 5.91 Å². The molecule has 0 fully saturated rings. The highest BCUT2D eigenvalue weighted by Gasteiger charge is 2.58. The highest BCUT2D eigenvalue weighted by molar-refractivity contribution is 6.27. The number of nitrogens with one attached hydrogen (secondary N) is 1. The second-order valence-electron chi connectivity index (χ2n) is 10.7. The molecule has 2 N–H and O–H groups in total.